The Morgan fingerprint density at radius 2 is 1.77 bits per heavy atom. The van der Waals surface area contributed by atoms with E-state index in [-0.39, 0.29) is 12.2 Å². The van der Waals surface area contributed by atoms with Gasteiger partial charge in [-0.3, -0.25) is 9.59 Å². The zero-order valence-electron chi connectivity index (χ0n) is 16.9. The third kappa shape index (κ3) is 4.20. The van der Waals surface area contributed by atoms with E-state index in [1.807, 2.05) is 49.4 Å². The van der Waals surface area contributed by atoms with Gasteiger partial charge in [0.2, 0.25) is 5.91 Å². The summed E-state index contributed by atoms with van der Waals surface area (Å²) in [6, 6.07) is 14.6. The number of carbonyl (C=O) groups excluding carboxylic acids is 3. The van der Waals surface area contributed by atoms with Gasteiger partial charge in [-0.25, -0.2) is 9.69 Å². The number of aryl methyl sites for hydroxylation is 1. The first kappa shape index (κ1) is 19.7. The van der Waals surface area contributed by atoms with Gasteiger partial charge in [0, 0.05) is 24.5 Å². The summed E-state index contributed by atoms with van der Waals surface area (Å²) in [5.74, 6) is -0.937. The van der Waals surface area contributed by atoms with Crippen molar-refractivity contribution in [1.82, 2.24) is 10.2 Å². The monoisotopic (exact) mass is 404 g/mol. The van der Waals surface area contributed by atoms with E-state index in [2.05, 4.69) is 15.5 Å². The van der Waals surface area contributed by atoms with Crippen LogP contribution in [0.5, 0.6) is 0 Å². The molecule has 2 fully saturated rings. The molecule has 0 radical (unpaired) electrons. The molecule has 0 aliphatic carbocycles. The number of amides is 4. The average molecular weight is 404 g/mol. The summed E-state index contributed by atoms with van der Waals surface area (Å²) in [4.78, 5) is 40.4. The van der Waals surface area contributed by atoms with Crippen LogP contribution >= 0.6 is 0 Å². The van der Waals surface area contributed by atoms with E-state index in [4.69, 9.17) is 0 Å². The maximum absolute atomic E-state index is 12.6. The van der Waals surface area contributed by atoms with Crippen LogP contribution in [-0.2, 0) is 9.59 Å². The molecule has 2 saturated heterocycles. The molecule has 0 atom stereocenters. The van der Waals surface area contributed by atoms with Crippen molar-refractivity contribution in [2.45, 2.75) is 19.8 Å². The van der Waals surface area contributed by atoms with Gasteiger partial charge in [-0.05, 0) is 55.2 Å². The van der Waals surface area contributed by atoms with Crippen molar-refractivity contribution in [3.63, 3.8) is 0 Å². The van der Waals surface area contributed by atoms with Gasteiger partial charge >= 0.3 is 6.03 Å². The molecule has 154 valence electrons. The average Bonchev–Trinajstić information content (AvgIpc) is 3.35. The molecule has 2 heterocycles. The first-order valence-electron chi connectivity index (χ1n) is 10.1. The fraction of sp³-hybridized carbons (Fsp3) is 0.261. The number of imide groups is 1. The van der Waals surface area contributed by atoms with Gasteiger partial charge in [0.1, 0.15) is 12.2 Å². The lowest BCUT2D eigenvalue weighted by atomic mass is 10.1. The normalized spacial score (nSPS) is 17.6. The Morgan fingerprint density at radius 3 is 2.47 bits per heavy atom. The van der Waals surface area contributed by atoms with Crippen LogP contribution in [0.1, 0.15) is 24.0 Å². The predicted octanol–water partition coefficient (Wildman–Crippen LogP) is 3.13. The summed E-state index contributed by atoms with van der Waals surface area (Å²) in [5.41, 5.74) is 3.70. The number of benzene rings is 2. The summed E-state index contributed by atoms with van der Waals surface area (Å²) < 4.78 is 0. The van der Waals surface area contributed by atoms with Crippen molar-refractivity contribution in [2.24, 2.45) is 0 Å². The standard InChI is InChI=1S/C23H24N4O3/c1-16-6-2-3-7-19(16)24-21(28)15-27-22(29)20(25-23(27)30)14-17-8-10-18(11-9-17)26-12-4-5-13-26/h2-3,6-11,14H,4-5,12-13,15H2,1H3,(H,24,28)(H,25,30)/b20-14-. The summed E-state index contributed by atoms with van der Waals surface area (Å²) in [7, 11) is 0. The van der Waals surface area contributed by atoms with Gasteiger partial charge in [0.15, 0.2) is 0 Å². The van der Waals surface area contributed by atoms with E-state index >= 15 is 0 Å². The Morgan fingerprint density at radius 1 is 1.07 bits per heavy atom. The number of nitrogens with one attached hydrogen (secondary N) is 2. The summed E-state index contributed by atoms with van der Waals surface area (Å²) in [6.07, 6.45) is 4.05. The highest BCUT2D eigenvalue weighted by Gasteiger charge is 2.34. The highest BCUT2D eigenvalue weighted by Crippen LogP contribution is 2.22. The molecule has 0 spiro atoms. The smallest absolute Gasteiger partial charge is 0.329 e. The highest BCUT2D eigenvalue weighted by molar-refractivity contribution is 6.16. The molecule has 4 rings (SSSR count). The maximum Gasteiger partial charge on any atom is 0.329 e. The second-order valence-corrected chi connectivity index (χ2v) is 7.53. The second kappa shape index (κ2) is 8.41. The van der Waals surface area contributed by atoms with Crippen molar-refractivity contribution in [1.29, 1.82) is 0 Å². The van der Waals surface area contributed by atoms with Crippen molar-refractivity contribution in [3.05, 3.63) is 65.4 Å². The lowest BCUT2D eigenvalue weighted by Gasteiger charge is -2.17. The predicted molar refractivity (Wildman–Crippen MR) is 116 cm³/mol. The zero-order chi connectivity index (χ0) is 21.1. The van der Waals surface area contributed by atoms with Crippen LogP contribution in [-0.4, -0.2) is 42.4 Å². The highest BCUT2D eigenvalue weighted by atomic mass is 16.2. The minimum absolute atomic E-state index is 0.164. The lowest BCUT2D eigenvalue weighted by molar-refractivity contribution is -0.127. The van der Waals surface area contributed by atoms with Gasteiger partial charge in [0.05, 0.1) is 0 Å². The van der Waals surface area contributed by atoms with Crippen molar-refractivity contribution in [3.8, 4) is 0 Å². The Balaban J connectivity index is 1.41. The van der Waals surface area contributed by atoms with E-state index in [0.717, 1.165) is 34.8 Å². The molecule has 0 unspecified atom stereocenters. The fourth-order valence-electron chi connectivity index (χ4n) is 3.69. The van der Waals surface area contributed by atoms with Gasteiger partial charge < -0.3 is 15.5 Å². The zero-order valence-corrected chi connectivity index (χ0v) is 16.9. The fourth-order valence-corrected chi connectivity index (χ4v) is 3.69. The van der Waals surface area contributed by atoms with Crippen LogP contribution < -0.4 is 15.5 Å². The largest absolute Gasteiger partial charge is 0.372 e. The molecule has 2 aromatic rings. The quantitative estimate of drug-likeness (QED) is 0.593. The third-order valence-electron chi connectivity index (χ3n) is 5.36. The first-order chi connectivity index (χ1) is 14.5. The summed E-state index contributed by atoms with van der Waals surface area (Å²) >= 11 is 0. The Bertz CT molecular complexity index is 1010. The van der Waals surface area contributed by atoms with Crippen molar-refractivity contribution in [2.75, 3.05) is 29.9 Å². The molecule has 0 saturated carbocycles. The molecular weight excluding hydrogens is 380 g/mol. The van der Waals surface area contributed by atoms with E-state index in [1.54, 1.807) is 12.1 Å². The van der Waals surface area contributed by atoms with E-state index in [0.29, 0.717) is 5.69 Å². The van der Waals surface area contributed by atoms with Crippen molar-refractivity contribution < 1.29 is 14.4 Å². The Kier molecular flexibility index (Phi) is 5.52. The van der Waals surface area contributed by atoms with Crippen LogP contribution in [0.25, 0.3) is 6.08 Å². The van der Waals surface area contributed by atoms with E-state index in [1.165, 1.54) is 12.8 Å². The van der Waals surface area contributed by atoms with E-state index < -0.39 is 17.8 Å². The van der Waals surface area contributed by atoms with E-state index in [9.17, 15) is 14.4 Å². The number of hydrogen-bond acceptors (Lipinski definition) is 4. The molecule has 2 aliphatic heterocycles. The van der Waals surface area contributed by atoms with Crippen molar-refractivity contribution >= 4 is 35.3 Å². The van der Waals surface area contributed by atoms with Crippen LogP contribution in [0.2, 0.25) is 0 Å². The number of anilines is 2. The molecular formula is C23H24N4O3. The van der Waals surface area contributed by atoms with Gasteiger partial charge in [-0.1, -0.05) is 30.3 Å². The molecule has 30 heavy (non-hydrogen) atoms. The van der Waals surface area contributed by atoms with Gasteiger partial charge in [-0.2, -0.15) is 0 Å². The van der Waals surface area contributed by atoms with Crippen LogP contribution in [0, 0.1) is 6.92 Å². The number of nitrogens with zero attached hydrogens (tertiary/aromatic N) is 2. The van der Waals surface area contributed by atoms with Crippen LogP contribution in [0.4, 0.5) is 16.2 Å². The Labute approximate surface area is 175 Å². The summed E-state index contributed by atoms with van der Waals surface area (Å²) in [6.45, 7) is 3.66. The molecule has 0 bridgehead atoms. The van der Waals surface area contributed by atoms with Gasteiger partial charge in [0.25, 0.3) is 5.91 Å². The molecule has 7 heteroatoms. The SMILES string of the molecule is Cc1ccccc1NC(=O)CN1C(=O)N/C(=C\c2ccc(N3CCCC3)cc2)C1=O. The second-order valence-electron chi connectivity index (χ2n) is 7.53. The number of para-hydroxylation sites is 1. The molecule has 0 aromatic heterocycles. The number of hydrogen-bond donors (Lipinski definition) is 2. The molecule has 2 N–H and O–H groups in total. The maximum atomic E-state index is 12.6. The minimum atomic E-state index is -0.597. The van der Waals surface area contributed by atoms with Crippen LogP contribution in [0.3, 0.4) is 0 Å². The summed E-state index contributed by atoms with van der Waals surface area (Å²) in [5, 5.41) is 5.30. The molecule has 2 aromatic carbocycles. The number of carbonyl (C=O) groups is 3. The molecule has 2 aliphatic rings. The number of urea groups is 1. The number of rotatable bonds is 5. The van der Waals surface area contributed by atoms with Crippen LogP contribution in [0.15, 0.2) is 54.2 Å². The first-order valence-corrected chi connectivity index (χ1v) is 10.1. The Hall–Kier alpha value is -3.61. The third-order valence-corrected chi connectivity index (χ3v) is 5.36. The lowest BCUT2D eigenvalue weighted by Crippen LogP contribution is -2.38. The minimum Gasteiger partial charge on any atom is -0.372 e. The molecule has 7 nitrogen and oxygen atoms in total. The van der Waals surface area contributed by atoms with Gasteiger partial charge in [-0.15, -0.1) is 0 Å². The molecule has 4 amide bonds. The topological polar surface area (TPSA) is 81.8 Å².